The molecule has 4 rings (SSSR count). The molecular weight excluding hydrogens is 382 g/mol. The van der Waals surface area contributed by atoms with Gasteiger partial charge in [-0.1, -0.05) is 18.2 Å². The predicted molar refractivity (Wildman–Crippen MR) is 104 cm³/mol. The molecule has 9 nitrogen and oxygen atoms in total. The van der Waals surface area contributed by atoms with Crippen molar-refractivity contribution >= 4 is 32.4 Å². The van der Waals surface area contributed by atoms with Gasteiger partial charge in [-0.15, -0.1) is 0 Å². The van der Waals surface area contributed by atoms with Crippen LogP contribution in [0.5, 0.6) is 0 Å². The van der Waals surface area contributed by atoms with Crippen LogP contribution in [0, 0.1) is 10.1 Å². The molecule has 1 aliphatic rings. The van der Waals surface area contributed by atoms with Gasteiger partial charge in [0.15, 0.2) is 0 Å². The Kier molecular flexibility index (Phi) is 4.65. The third kappa shape index (κ3) is 3.27. The van der Waals surface area contributed by atoms with E-state index in [9.17, 15) is 18.5 Å². The van der Waals surface area contributed by atoms with Crippen molar-refractivity contribution in [2.75, 3.05) is 31.1 Å². The van der Waals surface area contributed by atoms with E-state index in [4.69, 9.17) is 0 Å². The van der Waals surface area contributed by atoms with Gasteiger partial charge in [-0.2, -0.15) is 4.31 Å². The Balaban J connectivity index is 1.55. The maximum Gasteiger partial charge on any atom is 0.270 e. The van der Waals surface area contributed by atoms with Crippen molar-refractivity contribution in [3.05, 3.63) is 65.0 Å². The number of aromatic nitrogens is 2. The highest BCUT2D eigenvalue weighted by Crippen LogP contribution is 2.26. The minimum Gasteiger partial charge on any atom is -0.353 e. The van der Waals surface area contributed by atoms with Crippen LogP contribution in [0.1, 0.15) is 0 Å². The molecule has 1 fully saturated rings. The predicted octanol–water partition coefficient (Wildman–Crippen LogP) is 2.05. The molecule has 3 aromatic rings. The van der Waals surface area contributed by atoms with E-state index in [0.717, 1.165) is 22.8 Å². The molecule has 0 saturated carbocycles. The maximum atomic E-state index is 12.9. The number of nitro groups is 1. The van der Waals surface area contributed by atoms with E-state index in [1.54, 1.807) is 0 Å². The lowest BCUT2D eigenvalue weighted by Crippen LogP contribution is -2.49. The van der Waals surface area contributed by atoms with Crippen LogP contribution in [0.25, 0.3) is 10.9 Å². The molecule has 0 bridgehead atoms. The highest BCUT2D eigenvalue weighted by Gasteiger charge is 2.30. The number of benzene rings is 2. The molecule has 10 heteroatoms. The maximum absolute atomic E-state index is 12.9. The first-order chi connectivity index (χ1) is 13.5. The lowest BCUT2D eigenvalue weighted by molar-refractivity contribution is -0.385. The van der Waals surface area contributed by atoms with Gasteiger partial charge in [-0.25, -0.2) is 18.4 Å². The fourth-order valence-corrected chi connectivity index (χ4v) is 4.75. The normalized spacial score (nSPS) is 15.6. The third-order valence-electron chi connectivity index (χ3n) is 4.73. The van der Waals surface area contributed by atoms with Gasteiger partial charge in [-0.05, 0) is 18.2 Å². The molecule has 2 heterocycles. The van der Waals surface area contributed by atoms with E-state index in [1.807, 2.05) is 29.2 Å². The van der Waals surface area contributed by atoms with Crippen molar-refractivity contribution < 1.29 is 13.3 Å². The van der Waals surface area contributed by atoms with E-state index in [2.05, 4.69) is 9.97 Å². The first-order valence-corrected chi connectivity index (χ1v) is 10.1. The summed E-state index contributed by atoms with van der Waals surface area (Å²) in [5.74, 6) is 0.776. The smallest absolute Gasteiger partial charge is 0.270 e. The van der Waals surface area contributed by atoms with Crippen LogP contribution in [0.2, 0.25) is 0 Å². The summed E-state index contributed by atoms with van der Waals surface area (Å²) < 4.78 is 27.1. The summed E-state index contributed by atoms with van der Waals surface area (Å²) >= 11 is 0. The van der Waals surface area contributed by atoms with Crippen molar-refractivity contribution in [1.29, 1.82) is 0 Å². The number of piperazine rings is 1. The second-order valence-electron chi connectivity index (χ2n) is 6.36. The second-order valence-corrected chi connectivity index (χ2v) is 8.30. The summed E-state index contributed by atoms with van der Waals surface area (Å²) in [5.41, 5.74) is 0.589. The number of hydrogen-bond acceptors (Lipinski definition) is 7. The van der Waals surface area contributed by atoms with Crippen LogP contribution >= 0.6 is 0 Å². The van der Waals surface area contributed by atoms with Gasteiger partial charge >= 0.3 is 0 Å². The molecule has 2 aromatic carbocycles. The average molecular weight is 399 g/mol. The zero-order chi connectivity index (χ0) is 19.7. The Morgan fingerprint density at radius 2 is 1.71 bits per heavy atom. The SMILES string of the molecule is O=[N+]([O-])c1cccc(S(=O)(=O)N2CCN(c3ncnc4ccccc34)CC2)c1. The van der Waals surface area contributed by atoms with E-state index >= 15 is 0 Å². The van der Waals surface area contributed by atoms with Crippen LogP contribution in [0.3, 0.4) is 0 Å². The van der Waals surface area contributed by atoms with Crippen molar-refractivity contribution in [3.8, 4) is 0 Å². The zero-order valence-electron chi connectivity index (χ0n) is 14.8. The lowest BCUT2D eigenvalue weighted by Gasteiger charge is -2.35. The minimum absolute atomic E-state index is 0.0670. The first-order valence-electron chi connectivity index (χ1n) is 8.66. The van der Waals surface area contributed by atoms with E-state index in [0.29, 0.717) is 13.1 Å². The zero-order valence-corrected chi connectivity index (χ0v) is 15.6. The molecule has 28 heavy (non-hydrogen) atoms. The van der Waals surface area contributed by atoms with Crippen molar-refractivity contribution in [3.63, 3.8) is 0 Å². The molecule has 1 aliphatic heterocycles. The summed E-state index contributed by atoms with van der Waals surface area (Å²) in [5, 5.41) is 11.9. The minimum atomic E-state index is -3.80. The molecule has 144 valence electrons. The molecule has 1 saturated heterocycles. The van der Waals surface area contributed by atoms with Gasteiger partial charge in [0.1, 0.15) is 12.1 Å². The van der Waals surface area contributed by atoms with Crippen LogP contribution < -0.4 is 4.90 Å². The number of fused-ring (bicyclic) bond motifs is 1. The molecule has 0 spiro atoms. The molecule has 1 aromatic heterocycles. The fourth-order valence-electron chi connectivity index (χ4n) is 3.29. The Labute approximate surface area is 161 Å². The van der Waals surface area contributed by atoms with Crippen molar-refractivity contribution in [1.82, 2.24) is 14.3 Å². The number of sulfonamides is 1. The van der Waals surface area contributed by atoms with Crippen LogP contribution in [0.15, 0.2) is 59.8 Å². The quantitative estimate of drug-likeness (QED) is 0.488. The fraction of sp³-hybridized carbons (Fsp3) is 0.222. The molecule has 0 amide bonds. The molecule has 0 N–H and O–H groups in total. The number of para-hydroxylation sites is 1. The second kappa shape index (κ2) is 7.13. The third-order valence-corrected chi connectivity index (χ3v) is 6.62. The topological polar surface area (TPSA) is 110 Å². The van der Waals surface area contributed by atoms with E-state index < -0.39 is 14.9 Å². The highest BCUT2D eigenvalue weighted by molar-refractivity contribution is 7.89. The average Bonchev–Trinajstić information content (AvgIpc) is 2.73. The van der Waals surface area contributed by atoms with Gasteiger partial charge in [0.25, 0.3) is 5.69 Å². The number of nitro benzene ring substituents is 1. The molecule has 0 radical (unpaired) electrons. The van der Waals surface area contributed by atoms with E-state index in [-0.39, 0.29) is 23.7 Å². The number of nitrogens with zero attached hydrogens (tertiary/aromatic N) is 5. The molecule has 0 unspecified atom stereocenters. The number of anilines is 1. The molecular formula is C18H17N5O4S. The largest absolute Gasteiger partial charge is 0.353 e. The summed E-state index contributed by atoms with van der Waals surface area (Å²) in [6.07, 6.45) is 1.50. The van der Waals surface area contributed by atoms with Gasteiger partial charge in [-0.3, -0.25) is 10.1 Å². The van der Waals surface area contributed by atoms with Gasteiger partial charge < -0.3 is 4.90 Å². The summed E-state index contributed by atoms with van der Waals surface area (Å²) in [6.45, 7) is 1.47. The number of non-ortho nitro benzene ring substituents is 1. The van der Waals surface area contributed by atoms with Crippen LogP contribution in [-0.4, -0.2) is 53.8 Å². The molecule has 0 aliphatic carbocycles. The van der Waals surface area contributed by atoms with Gasteiger partial charge in [0.05, 0.1) is 15.3 Å². The summed E-state index contributed by atoms with van der Waals surface area (Å²) in [4.78, 5) is 20.9. The molecule has 0 atom stereocenters. The number of rotatable bonds is 4. The monoisotopic (exact) mass is 399 g/mol. The van der Waals surface area contributed by atoms with Crippen LogP contribution in [-0.2, 0) is 10.0 Å². The Morgan fingerprint density at radius 1 is 0.964 bits per heavy atom. The Bertz CT molecular complexity index is 1140. The summed E-state index contributed by atoms with van der Waals surface area (Å²) in [6, 6.07) is 12.8. The van der Waals surface area contributed by atoms with Gasteiger partial charge in [0, 0.05) is 43.7 Å². The summed E-state index contributed by atoms with van der Waals surface area (Å²) in [7, 11) is -3.80. The first kappa shape index (κ1) is 18.3. The Hall–Kier alpha value is -3.11. The van der Waals surface area contributed by atoms with E-state index in [1.165, 1.54) is 28.8 Å². The highest BCUT2D eigenvalue weighted by atomic mass is 32.2. The van der Waals surface area contributed by atoms with Crippen molar-refractivity contribution in [2.24, 2.45) is 0 Å². The Morgan fingerprint density at radius 3 is 2.46 bits per heavy atom. The lowest BCUT2D eigenvalue weighted by atomic mass is 10.2. The van der Waals surface area contributed by atoms with Gasteiger partial charge in [0.2, 0.25) is 10.0 Å². The number of hydrogen-bond donors (Lipinski definition) is 0. The van der Waals surface area contributed by atoms with Crippen molar-refractivity contribution in [2.45, 2.75) is 4.90 Å². The standard InChI is InChI=1S/C18H17N5O4S/c24-23(25)14-4-3-5-15(12-14)28(26,27)22-10-8-21(9-11-22)18-16-6-1-2-7-17(16)19-13-20-18/h1-7,12-13H,8-11H2. The van der Waals surface area contributed by atoms with Crippen LogP contribution in [0.4, 0.5) is 11.5 Å².